The van der Waals surface area contributed by atoms with Gasteiger partial charge in [0.25, 0.3) is 0 Å². The summed E-state index contributed by atoms with van der Waals surface area (Å²) in [5.41, 5.74) is 0.0722. The molecular weight excluding hydrogens is 298 g/mol. The normalized spacial score (nSPS) is 16.9. The van der Waals surface area contributed by atoms with Gasteiger partial charge < -0.3 is 15.5 Å². The lowest BCUT2D eigenvalue weighted by Crippen LogP contribution is -2.45. The van der Waals surface area contributed by atoms with Gasteiger partial charge in [0.2, 0.25) is 0 Å². The van der Waals surface area contributed by atoms with Gasteiger partial charge in [0.15, 0.2) is 5.96 Å². The smallest absolute Gasteiger partial charge is 0.191 e. The molecule has 0 saturated carbocycles. The number of nitrogens with one attached hydrogen (secondary N) is 2. The van der Waals surface area contributed by atoms with Crippen molar-refractivity contribution in [3.05, 3.63) is 47.5 Å². The van der Waals surface area contributed by atoms with Gasteiger partial charge in [-0.05, 0) is 39.1 Å². The predicted octanol–water partition coefficient (Wildman–Crippen LogP) is 2.45. The maximum absolute atomic E-state index is 14.0. The molecule has 0 saturated heterocycles. The third-order valence-electron chi connectivity index (χ3n) is 3.99. The first-order valence-electron chi connectivity index (χ1n) is 7.75. The predicted molar refractivity (Wildman–Crippen MR) is 89.4 cm³/mol. The quantitative estimate of drug-likeness (QED) is 0.497. The van der Waals surface area contributed by atoms with Crippen LogP contribution in [0.2, 0.25) is 0 Å². The molecule has 1 aromatic carbocycles. The number of rotatable bonds is 5. The van der Waals surface area contributed by atoms with Gasteiger partial charge >= 0.3 is 0 Å². The second-order valence-corrected chi connectivity index (χ2v) is 5.85. The van der Waals surface area contributed by atoms with Crippen molar-refractivity contribution >= 4 is 5.96 Å². The Hall–Kier alpha value is -1.95. The Balaban J connectivity index is 2.04. The molecule has 126 valence electrons. The van der Waals surface area contributed by atoms with Gasteiger partial charge in [-0.15, -0.1) is 0 Å². The fourth-order valence-electron chi connectivity index (χ4n) is 2.69. The first-order chi connectivity index (χ1) is 11.0. The first kappa shape index (κ1) is 17.4. The highest BCUT2D eigenvalue weighted by molar-refractivity contribution is 5.80. The fraction of sp³-hybridized carbons (Fsp3) is 0.471. The largest absolute Gasteiger partial charge is 0.354 e. The van der Waals surface area contributed by atoms with Crippen molar-refractivity contribution in [2.75, 3.05) is 27.7 Å². The number of hydrogen-bond acceptors (Lipinski definition) is 2. The number of benzene rings is 1. The molecular formula is C17H24F2N4. The molecule has 0 aliphatic heterocycles. The SMILES string of the molecule is CN=C(NCC(c1c(F)cccc1F)N(C)C)NC1CC=CC1. The molecule has 1 unspecified atom stereocenters. The molecule has 2 rings (SSSR count). The molecule has 2 N–H and O–H groups in total. The Morgan fingerprint density at radius 3 is 2.39 bits per heavy atom. The molecule has 0 heterocycles. The molecule has 0 amide bonds. The van der Waals surface area contributed by atoms with Gasteiger partial charge in [-0.2, -0.15) is 0 Å². The van der Waals surface area contributed by atoms with Crippen LogP contribution in [0.5, 0.6) is 0 Å². The molecule has 0 aromatic heterocycles. The average molecular weight is 322 g/mol. The summed E-state index contributed by atoms with van der Waals surface area (Å²) in [6.07, 6.45) is 6.17. The molecule has 1 aromatic rings. The van der Waals surface area contributed by atoms with E-state index in [1.807, 2.05) is 0 Å². The van der Waals surface area contributed by atoms with E-state index in [1.165, 1.54) is 18.2 Å². The summed E-state index contributed by atoms with van der Waals surface area (Å²) >= 11 is 0. The van der Waals surface area contributed by atoms with Crippen molar-refractivity contribution in [3.8, 4) is 0 Å². The van der Waals surface area contributed by atoms with Gasteiger partial charge in [0, 0.05) is 25.2 Å². The van der Waals surface area contributed by atoms with Crippen LogP contribution in [-0.4, -0.2) is 44.6 Å². The van der Waals surface area contributed by atoms with E-state index in [0.717, 1.165) is 12.8 Å². The Morgan fingerprint density at radius 1 is 1.26 bits per heavy atom. The van der Waals surface area contributed by atoms with E-state index in [9.17, 15) is 8.78 Å². The minimum Gasteiger partial charge on any atom is -0.354 e. The van der Waals surface area contributed by atoms with Crippen LogP contribution in [0.1, 0.15) is 24.4 Å². The van der Waals surface area contributed by atoms with Crippen molar-refractivity contribution in [1.29, 1.82) is 0 Å². The Bertz CT molecular complexity index is 556. The summed E-state index contributed by atoms with van der Waals surface area (Å²) in [5.74, 6) is -0.427. The average Bonchev–Trinajstić information content (AvgIpc) is 3.01. The molecule has 0 radical (unpaired) electrons. The topological polar surface area (TPSA) is 39.7 Å². The summed E-state index contributed by atoms with van der Waals surface area (Å²) < 4.78 is 28.1. The van der Waals surface area contributed by atoms with Crippen LogP contribution in [0.3, 0.4) is 0 Å². The van der Waals surface area contributed by atoms with E-state index in [4.69, 9.17) is 0 Å². The molecule has 23 heavy (non-hydrogen) atoms. The number of aliphatic imine (C=N–C) groups is 1. The van der Waals surface area contributed by atoms with Crippen LogP contribution in [0.25, 0.3) is 0 Å². The molecule has 0 fully saturated rings. The summed E-state index contributed by atoms with van der Waals surface area (Å²) in [6.45, 7) is 0.352. The van der Waals surface area contributed by atoms with Crippen molar-refractivity contribution < 1.29 is 8.78 Å². The molecule has 6 heteroatoms. The van der Waals surface area contributed by atoms with Gasteiger partial charge in [0.05, 0.1) is 6.04 Å². The monoisotopic (exact) mass is 322 g/mol. The summed E-state index contributed by atoms with van der Waals surface area (Å²) in [7, 11) is 5.29. The van der Waals surface area contributed by atoms with Crippen molar-refractivity contribution in [3.63, 3.8) is 0 Å². The Morgan fingerprint density at radius 2 is 1.87 bits per heavy atom. The molecule has 4 nitrogen and oxygen atoms in total. The highest BCUT2D eigenvalue weighted by atomic mass is 19.1. The van der Waals surface area contributed by atoms with Crippen molar-refractivity contribution in [1.82, 2.24) is 15.5 Å². The minimum absolute atomic E-state index is 0.0722. The summed E-state index contributed by atoms with van der Waals surface area (Å²) in [6, 6.07) is 3.83. The zero-order valence-corrected chi connectivity index (χ0v) is 13.8. The van der Waals surface area contributed by atoms with Gasteiger partial charge in [-0.1, -0.05) is 18.2 Å². The molecule has 0 spiro atoms. The van der Waals surface area contributed by atoms with E-state index in [-0.39, 0.29) is 5.56 Å². The number of halogens is 2. The van der Waals surface area contributed by atoms with Crippen LogP contribution >= 0.6 is 0 Å². The maximum atomic E-state index is 14.0. The lowest BCUT2D eigenvalue weighted by atomic mass is 10.0. The van der Waals surface area contributed by atoms with Crippen molar-refractivity contribution in [2.24, 2.45) is 4.99 Å². The highest BCUT2D eigenvalue weighted by Gasteiger charge is 2.22. The van der Waals surface area contributed by atoms with Gasteiger partial charge in [-0.3, -0.25) is 4.99 Å². The third kappa shape index (κ3) is 4.51. The lowest BCUT2D eigenvalue weighted by molar-refractivity contribution is 0.282. The van der Waals surface area contributed by atoms with Gasteiger partial charge in [0.1, 0.15) is 11.6 Å². The van der Waals surface area contributed by atoms with E-state index >= 15 is 0 Å². The summed E-state index contributed by atoms with van der Waals surface area (Å²) in [5, 5.41) is 6.48. The molecule has 1 atom stereocenters. The lowest BCUT2D eigenvalue weighted by Gasteiger charge is -2.27. The van der Waals surface area contributed by atoms with E-state index in [0.29, 0.717) is 18.5 Å². The van der Waals surface area contributed by atoms with Gasteiger partial charge in [-0.25, -0.2) is 8.78 Å². The van der Waals surface area contributed by atoms with E-state index in [2.05, 4.69) is 27.8 Å². The molecule has 1 aliphatic carbocycles. The second-order valence-electron chi connectivity index (χ2n) is 5.85. The highest BCUT2D eigenvalue weighted by Crippen LogP contribution is 2.23. The number of likely N-dealkylation sites (N-methyl/N-ethyl adjacent to an activating group) is 1. The number of hydrogen-bond donors (Lipinski definition) is 2. The molecule has 1 aliphatic rings. The van der Waals surface area contributed by atoms with E-state index < -0.39 is 17.7 Å². The van der Waals surface area contributed by atoms with E-state index in [1.54, 1.807) is 26.0 Å². The minimum atomic E-state index is -0.534. The maximum Gasteiger partial charge on any atom is 0.191 e. The third-order valence-corrected chi connectivity index (χ3v) is 3.99. The van der Waals surface area contributed by atoms with Crippen molar-refractivity contribution in [2.45, 2.75) is 24.9 Å². The number of nitrogens with zero attached hydrogens (tertiary/aromatic N) is 2. The summed E-state index contributed by atoms with van der Waals surface area (Å²) in [4.78, 5) is 5.97. The van der Waals surface area contributed by atoms with Crippen LogP contribution in [-0.2, 0) is 0 Å². The Kier molecular flexibility index (Phi) is 6.10. The fourth-order valence-corrected chi connectivity index (χ4v) is 2.69. The zero-order chi connectivity index (χ0) is 16.8. The van der Waals surface area contributed by atoms with Crippen LogP contribution in [0.15, 0.2) is 35.3 Å². The van der Waals surface area contributed by atoms with Crippen LogP contribution in [0.4, 0.5) is 8.78 Å². The number of guanidine groups is 1. The van der Waals surface area contributed by atoms with Crippen LogP contribution < -0.4 is 10.6 Å². The van der Waals surface area contributed by atoms with Crippen LogP contribution in [0, 0.1) is 11.6 Å². The molecule has 0 bridgehead atoms. The zero-order valence-electron chi connectivity index (χ0n) is 13.8. The first-order valence-corrected chi connectivity index (χ1v) is 7.75. The second kappa shape index (κ2) is 8.06. The Labute approximate surface area is 136 Å². The standard InChI is InChI=1S/C17H24F2N4/c1-20-17(22-12-7-4-5-8-12)21-11-15(23(2)3)16-13(18)9-6-10-14(16)19/h4-6,9-10,12,15H,7-8,11H2,1-3H3,(H2,20,21,22).